The monoisotopic (exact) mass is 269 g/mol. The molecular formula is C14H27N3O2. The predicted molar refractivity (Wildman–Crippen MR) is 75.4 cm³/mol. The standard InChI is InChI=1S/C14H27N3O2/c1-15-13(14(18)19)11-16-9-5-12(6-10-16)17-7-3-2-4-8-17/h12-13,15H,2-11H2,1H3,(H,18,19). The van der Waals surface area contributed by atoms with Crippen LogP contribution in [-0.4, -0.2) is 72.7 Å². The first-order chi connectivity index (χ1) is 9.20. The molecule has 2 saturated heterocycles. The Bertz CT molecular complexity index is 284. The maximum atomic E-state index is 11.0. The molecule has 5 heteroatoms. The molecule has 0 amide bonds. The topological polar surface area (TPSA) is 55.8 Å². The zero-order valence-corrected chi connectivity index (χ0v) is 12.0. The van der Waals surface area contributed by atoms with Crippen LogP contribution in [0.2, 0.25) is 0 Å². The smallest absolute Gasteiger partial charge is 0.322 e. The van der Waals surface area contributed by atoms with E-state index in [-0.39, 0.29) is 0 Å². The van der Waals surface area contributed by atoms with Gasteiger partial charge < -0.3 is 20.2 Å². The normalized spacial score (nSPS) is 25.3. The number of likely N-dealkylation sites (N-methyl/N-ethyl adjacent to an activating group) is 1. The second-order valence-electron chi connectivity index (χ2n) is 5.81. The summed E-state index contributed by atoms with van der Waals surface area (Å²) in [7, 11) is 1.72. The molecule has 2 fully saturated rings. The summed E-state index contributed by atoms with van der Waals surface area (Å²) in [4.78, 5) is 16.0. The highest BCUT2D eigenvalue weighted by Crippen LogP contribution is 2.20. The number of likely N-dealkylation sites (tertiary alicyclic amines) is 2. The SMILES string of the molecule is CNC(CN1CCC(N2CCCCC2)CC1)C(=O)O. The van der Waals surface area contributed by atoms with E-state index in [0.29, 0.717) is 6.54 Å². The average Bonchev–Trinajstić information content (AvgIpc) is 2.46. The summed E-state index contributed by atoms with van der Waals surface area (Å²) in [6.07, 6.45) is 6.46. The zero-order chi connectivity index (χ0) is 13.7. The maximum Gasteiger partial charge on any atom is 0.322 e. The van der Waals surface area contributed by atoms with Crippen LogP contribution in [0, 0.1) is 0 Å². The van der Waals surface area contributed by atoms with Crippen molar-refractivity contribution >= 4 is 5.97 Å². The third-order valence-electron chi connectivity index (χ3n) is 4.55. The highest BCUT2D eigenvalue weighted by atomic mass is 16.4. The summed E-state index contributed by atoms with van der Waals surface area (Å²) in [5, 5.41) is 11.9. The molecule has 1 atom stereocenters. The van der Waals surface area contributed by atoms with Crippen molar-refractivity contribution in [1.82, 2.24) is 15.1 Å². The lowest BCUT2D eigenvalue weighted by Gasteiger charge is -2.40. The van der Waals surface area contributed by atoms with E-state index < -0.39 is 12.0 Å². The van der Waals surface area contributed by atoms with Crippen molar-refractivity contribution in [3.63, 3.8) is 0 Å². The van der Waals surface area contributed by atoms with Gasteiger partial charge in [0.1, 0.15) is 6.04 Å². The minimum absolute atomic E-state index is 0.438. The van der Waals surface area contributed by atoms with Gasteiger partial charge in [0.2, 0.25) is 0 Å². The summed E-state index contributed by atoms with van der Waals surface area (Å²) in [6.45, 7) is 5.22. The van der Waals surface area contributed by atoms with Crippen LogP contribution in [-0.2, 0) is 4.79 Å². The van der Waals surface area contributed by atoms with Crippen LogP contribution >= 0.6 is 0 Å². The largest absolute Gasteiger partial charge is 0.480 e. The molecule has 1 unspecified atom stereocenters. The van der Waals surface area contributed by atoms with Gasteiger partial charge in [0.15, 0.2) is 0 Å². The van der Waals surface area contributed by atoms with Gasteiger partial charge in [-0.05, 0) is 58.9 Å². The Kier molecular flexibility index (Phi) is 5.60. The molecule has 0 aliphatic carbocycles. The van der Waals surface area contributed by atoms with Gasteiger partial charge in [0.05, 0.1) is 0 Å². The molecule has 19 heavy (non-hydrogen) atoms. The van der Waals surface area contributed by atoms with Gasteiger partial charge in [-0.1, -0.05) is 6.42 Å². The van der Waals surface area contributed by atoms with Crippen LogP contribution in [0.15, 0.2) is 0 Å². The fourth-order valence-electron chi connectivity index (χ4n) is 3.30. The van der Waals surface area contributed by atoms with Crippen LogP contribution in [0.4, 0.5) is 0 Å². The number of piperidine rings is 2. The molecule has 0 radical (unpaired) electrons. The van der Waals surface area contributed by atoms with Gasteiger partial charge in [-0.2, -0.15) is 0 Å². The van der Waals surface area contributed by atoms with E-state index in [4.69, 9.17) is 5.11 Å². The van der Waals surface area contributed by atoms with Crippen molar-refractivity contribution in [3.8, 4) is 0 Å². The van der Waals surface area contributed by atoms with Crippen molar-refractivity contribution in [2.45, 2.75) is 44.2 Å². The Hall–Kier alpha value is -0.650. The number of hydrogen-bond acceptors (Lipinski definition) is 4. The zero-order valence-electron chi connectivity index (χ0n) is 12.0. The van der Waals surface area contributed by atoms with E-state index in [2.05, 4.69) is 15.1 Å². The number of carbonyl (C=O) groups is 1. The van der Waals surface area contributed by atoms with E-state index in [0.717, 1.165) is 19.1 Å². The van der Waals surface area contributed by atoms with Crippen LogP contribution in [0.3, 0.4) is 0 Å². The lowest BCUT2D eigenvalue weighted by atomic mass is 9.99. The fourth-order valence-corrected chi connectivity index (χ4v) is 3.30. The highest BCUT2D eigenvalue weighted by molar-refractivity contribution is 5.73. The first-order valence-corrected chi connectivity index (χ1v) is 7.57. The molecule has 2 heterocycles. The molecule has 0 spiro atoms. The molecule has 0 aromatic heterocycles. The molecule has 0 aromatic rings. The first-order valence-electron chi connectivity index (χ1n) is 7.57. The summed E-state index contributed by atoms with van der Waals surface area (Å²) in [6, 6.07) is 0.293. The van der Waals surface area contributed by atoms with Crippen LogP contribution in [0.1, 0.15) is 32.1 Å². The van der Waals surface area contributed by atoms with Gasteiger partial charge >= 0.3 is 5.97 Å². The van der Waals surface area contributed by atoms with Gasteiger partial charge in [0, 0.05) is 12.6 Å². The van der Waals surface area contributed by atoms with Gasteiger partial charge in [-0.25, -0.2) is 0 Å². The van der Waals surface area contributed by atoms with Crippen molar-refractivity contribution in [2.75, 3.05) is 39.8 Å². The summed E-state index contributed by atoms with van der Waals surface area (Å²) in [5.41, 5.74) is 0. The second-order valence-corrected chi connectivity index (χ2v) is 5.81. The number of hydrogen-bond donors (Lipinski definition) is 2. The van der Waals surface area contributed by atoms with E-state index in [9.17, 15) is 4.79 Å². The lowest BCUT2D eigenvalue weighted by Crippen LogP contribution is -2.51. The maximum absolute atomic E-state index is 11.0. The van der Waals surface area contributed by atoms with Gasteiger partial charge in [-0.15, -0.1) is 0 Å². The average molecular weight is 269 g/mol. The first kappa shape index (κ1) is 14.8. The fraction of sp³-hybridized carbons (Fsp3) is 0.929. The molecule has 110 valence electrons. The number of nitrogens with one attached hydrogen (secondary N) is 1. The Morgan fingerprint density at radius 2 is 1.84 bits per heavy atom. The third-order valence-corrected chi connectivity index (χ3v) is 4.55. The molecule has 2 aliphatic heterocycles. The highest BCUT2D eigenvalue weighted by Gasteiger charge is 2.27. The summed E-state index contributed by atoms with van der Waals surface area (Å²) in [5.74, 6) is -0.749. The molecule has 0 saturated carbocycles. The number of rotatable bonds is 5. The number of carboxylic acids is 1. The predicted octanol–water partition coefficient (Wildman–Crippen LogP) is 0.609. The Morgan fingerprint density at radius 1 is 1.21 bits per heavy atom. The van der Waals surface area contributed by atoms with Crippen molar-refractivity contribution < 1.29 is 9.90 Å². The molecular weight excluding hydrogens is 242 g/mol. The van der Waals surface area contributed by atoms with Crippen LogP contribution < -0.4 is 5.32 Å². The molecule has 2 aliphatic rings. The Balaban J connectivity index is 1.74. The minimum atomic E-state index is -0.749. The third kappa shape index (κ3) is 4.16. The van der Waals surface area contributed by atoms with E-state index in [1.54, 1.807) is 7.05 Å². The quantitative estimate of drug-likeness (QED) is 0.766. The van der Waals surface area contributed by atoms with Crippen molar-refractivity contribution in [1.29, 1.82) is 0 Å². The molecule has 2 rings (SSSR count). The van der Waals surface area contributed by atoms with Crippen LogP contribution in [0.5, 0.6) is 0 Å². The van der Waals surface area contributed by atoms with E-state index >= 15 is 0 Å². The Labute approximate surface area is 115 Å². The van der Waals surface area contributed by atoms with E-state index in [1.807, 2.05) is 0 Å². The van der Waals surface area contributed by atoms with Crippen molar-refractivity contribution in [2.24, 2.45) is 0 Å². The number of aliphatic carboxylic acids is 1. The lowest BCUT2D eigenvalue weighted by molar-refractivity contribution is -0.139. The van der Waals surface area contributed by atoms with Crippen molar-refractivity contribution in [3.05, 3.63) is 0 Å². The van der Waals surface area contributed by atoms with Crippen LogP contribution in [0.25, 0.3) is 0 Å². The summed E-state index contributed by atoms with van der Waals surface area (Å²) < 4.78 is 0. The van der Waals surface area contributed by atoms with E-state index in [1.165, 1.54) is 45.2 Å². The molecule has 0 bridgehead atoms. The van der Waals surface area contributed by atoms with Gasteiger partial charge in [0.25, 0.3) is 0 Å². The minimum Gasteiger partial charge on any atom is -0.480 e. The molecule has 2 N–H and O–H groups in total. The molecule has 0 aromatic carbocycles. The number of nitrogens with zero attached hydrogens (tertiary/aromatic N) is 2. The van der Waals surface area contributed by atoms with Gasteiger partial charge in [-0.3, -0.25) is 4.79 Å². The summed E-state index contributed by atoms with van der Waals surface area (Å²) >= 11 is 0. The molecule has 5 nitrogen and oxygen atoms in total. The second kappa shape index (κ2) is 7.22. The number of carboxylic acid groups (broad SMARTS) is 1. The Morgan fingerprint density at radius 3 is 2.37 bits per heavy atom.